The van der Waals surface area contributed by atoms with Gasteiger partial charge in [-0.1, -0.05) is 48.2 Å². The summed E-state index contributed by atoms with van der Waals surface area (Å²) < 4.78 is 4.16. The summed E-state index contributed by atoms with van der Waals surface area (Å²) in [4.78, 5) is 26.2. The molecule has 1 spiro atoms. The zero-order valence-electron chi connectivity index (χ0n) is 11.6. The molecule has 0 aromatic carbocycles. The van der Waals surface area contributed by atoms with Crippen molar-refractivity contribution in [1.82, 2.24) is 19.8 Å². The first-order valence-corrected chi connectivity index (χ1v) is 8.38. The molecule has 0 radical (unpaired) electrons. The highest BCUT2D eigenvalue weighted by atomic mass is 35.5. The van der Waals surface area contributed by atoms with Crippen LogP contribution in [0.5, 0.6) is 0 Å². The van der Waals surface area contributed by atoms with E-state index in [2.05, 4.69) is 14.9 Å². The molecule has 1 N–H and O–H groups in total. The van der Waals surface area contributed by atoms with E-state index in [1.165, 1.54) is 11.3 Å². The fraction of sp³-hybridized carbons (Fsp3) is 0.692. The maximum Gasteiger partial charge on any atom is 0.325 e. The fourth-order valence-corrected chi connectivity index (χ4v) is 3.72. The maximum absolute atomic E-state index is 12.8. The second kappa shape index (κ2) is 5.88. The number of amides is 3. The van der Waals surface area contributed by atoms with Crippen molar-refractivity contribution in [2.45, 2.75) is 57.0 Å². The van der Waals surface area contributed by atoms with Gasteiger partial charge in [0.2, 0.25) is 0 Å². The van der Waals surface area contributed by atoms with Gasteiger partial charge in [0.15, 0.2) is 0 Å². The second-order valence-electron chi connectivity index (χ2n) is 5.66. The van der Waals surface area contributed by atoms with Crippen LogP contribution in [0.2, 0.25) is 4.34 Å². The Morgan fingerprint density at radius 1 is 1.19 bits per heavy atom. The predicted octanol–water partition coefficient (Wildman–Crippen LogP) is 2.73. The third kappa shape index (κ3) is 2.76. The quantitative estimate of drug-likeness (QED) is 0.847. The van der Waals surface area contributed by atoms with E-state index in [1.807, 2.05) is 0 Å². The van der Waals surface area contributed by atoms with Crippen LogP contribution in [-0.4, -0.2) is 32.0 Å². The van der Waals surface area contributed by atoms with E-state index in [1.54, 1.807) is 0 Å². The molecule has 0 unspecified atom stereocenters. The van der Waals surface area contributed by atoms with Gasteiger partial charge in [0.05, 0.1) is 6.54 Å². The number of carbonyl (C=O) groups excluding carboxylic acids is 2. The Kier molecular flexibility index (Phi) is 4.12. The lowest BCUT2D eigenvalue weighted by Crippen LogP contribution is -2.47. The van der Waals surface area contributed by atoms with Crippen LogP contribution >= 0.6 is 23.1 Å². The van der Waals surface area contributed by atoms with Gasteiger partial charge in [-0.15, -0.1) is 5.10 Å². The van der Waals surface area contributed by atoms with E-state index in [4.69, 9.17) is 11.6 Å². The second-order valence-corrected chi connectivity index (χ2v) is 7.02. The number of rotatable bonds is 2. The number of carbonyl (C=O) groups is 2. The van der Waals surface area contributed by atoms with E-state index >= 15 is 0 Å². The first-order chi connectivity index (χ1) is 10.1. The molecule has 2 aliphatic rings. The highest BCUT2D eigenvalue weighted by molar-refractivity contribution is 7.10. The number of halogens is 1. The smallest absolute Gasteiger partial charge is 0.323 e. The van der Waals surface area contributed by atoms with E-state index in [-0.39, 0.29) is 18.5 Å². The van der Waals surface area contributed by atoms with Crippen molar-refractivity contribution in [3.8, 4) is 0 Å². The largest absolute Gasteiger partial charge is 0.325 e. The topological polar surface area (TPSA) is 75.2 Å². The van der Waals surface area contributed by atoms with E-state index in [0.717, 1.165) is 50.1 Å². The van der Waals surface area contributed by atoms with E-state index in [9.17, 15) is 9.59 Å². The predicted molar refractivity (Wildman–Crippen MR) is 79.1 cm³/mol. The maximum atomic E-state index is 12.8. The monoisotopic (exact) mass is 328 g/mol. The van der Waals surface area contributed by atoms with Crippen molar-refractivity contribution in [2.24, 2.45) is 0 Å². The summed E-state index contributed by atoms with van der Waals surface area (Å²) in [7, 11) is 0. The molecule has 1 aromatic heterocycles. The molecule has 21 heavy (non-hydrogen) atoms. The van der Waals surface area contributed by atoms with Gasteiger partial charge in [0, 0.05) is 11.5 Å². The molecule has 0 bridgehead atoms. The zero-order valence-corrected chi connectivity index (χ0v) is 13.2. The molecule has 1 saturated heterocycles. The van der Waals surface area contributed by atoms with Crippen molar-refractivity contribution >= 4 is 35.1 Å². The van der Waals surface area contributed by atoms with Crippen LogP contribution in [0.15, 0.2) is 0 Å². The molecule has 1 aliphatic heterocycles. The Morgan fingerprint density at radius 2 is 1.86 bits per heavy atom. The summed E-state index contributed by atoms with van der Waals surface area (Å²) >= 11 is 7.02. The van der Waals surface area contributed by atoms with Gasteiger partial charge >= 0.3 is 6.03 Å². The molecule has 114 valence electrons. The summed E-state index contributed by atoms with van der Waals surface area (Å²) in [5.74, 6) is -0.140. The molecule has 6 nitrogen and oxygen atoms in total. The molecule has 3 rings (SSSR count). The molecule has 1 aromatic rings. The minimum atomic E-state index is -0.715. The lowest BCUT2D eigenvalue weighted by atomic mass is 9.84. The average molecular weight is 329 g/mol. The Hall–Kier alpha value is -1.21. The Balaban J connectivity index is 1.79. The van der Waals surface area contributed by atoms with Crippen LogP contribution in [0.4, 0.5) is 4.79 Å². The Labute approximate surface area is 132 Å². The molecule has 1 saturated carbocycles. The number of hydrogen-bond acceptors (Lipinski definition) is 5. The summed E-state index contributed by atoms with van der Waals surface area (Å²) in [5, 5.41) is 6.80. The van der Waals surface area contributed by atoms with Crippen molar-refractivity contribution in [3.63, 3.8) is 0 Å². The first-order valence-electron chi connectivity index (χ1n) is 7.23. The third-order valence-electron chi connectivity index (χ3n) is 4.27. The standard InChI is InChI=1S/C13H17ClN4O2S/c14-10-9(16-17-21-10)8-18-11(19)13(15-12(18)20)6-4-2-1-3-5-7-13/h1-8H2,(H,15,20). The summed E-state index contributed by atoms with van der Waals surface area (Å²) in [6.07, 6.45) is 6.83. The van der Waals surface area contributed by atoms with Crippen molar-refractivity contribution in [3.05, 3.63) is 10.0 Å². The third-order valence-corrected chi connectivity index (χ3v) is 5.25. The SMILES string of the molecule is O=C1NC2(CCCCCCC2)C(=O)N1Cc1nnsc1Cl. The zero-order chi connectivity index (χ0) is 14.9. The van der Waals surface area contributed by atoms with E-state index < -0.39 is 5.54 Å². The van der Waals surface area contributed by atoms with Gasteiger partial charge in [-0.3, -0.25) is 9.69 Å². The molecule has 2 fully saturated rings. The lowest BCUT2D eigenvalue weighted by molar-refractivity contribution is -0.132. The number of aromatic nitrogens is 2. The highest BCUT2D eigenvalue weighted by Gasteiger charge is 2.50. The number of imide groups is 1. The minimum absolute atomic E-state index is 0.0990. The Morgan fingerprint density at radius 3 is 2.48 bits per heavy atom. The summed E-state index contributed by atoms with van der Waals surface area (Å²) in [6.45, 7) is 0.0990. The van der Waals surface area contributed by atoms with Crippen LogP contribution in [0.25, 0.3) is 0 Å². The van der Waals surface area contributed by atoms with Crippen molar-refractivity contribution < 1.29 is 9.59 Å². The summed E-state index contributed by atoms with van der Waals surface area (Å²) in [6, 6.07) is -0.343. The molecular weight excluding hydrogens is 312 g/mol. The molecule has 2 heterocycles. The van der Waals surface area contributed by atoms with Crippen LogP contribution in [0.1, 0.15) is 50.6 Å². The normalized spacial score (nSPS) is 22.2. The van der Waals surface area contributed by atoms with Gasteiger partial charge in [0.25, 0.3) is 5.91 Å². The molecule has 8 heteroatoms. The van der Waals surface area contributed by atoms with Gasteiger partial charge in [0.1, 0.15) is 15.6 Å². The molecule has 0 atom stereocenters. The number of urea groups is 1. The average Bonchev–Trinajstić information content (AvgIpc) is 2.92. The van der Waals surface area contributed by atoms with Crippen LogP contribution in [0, 0.1) is 0 Å². The number of hydrogen-bond donors (Lipinski definition) is 1. The number of nitrogens with zero attached hydrogens (tertiary/aromatic N) is 3. The fourth-order valence-electron chi connectivity index (χ4n) is 3.11. The highest BCUT2D eigenvalue weighted by Crippen LogP contribution is 2.33. The molecule has 1 aliphatic carbocycles. The van der Waals surface area contributed by atoms with Crippen LogP contribution < -0.4 is 5.32 Å². The van der Waals surface area contributed by atoms with Gasteiger partial charge < -0.3 is 5.32 Å². The van der Waals surface area contributed by atoms with Crippen molar-refractivity contribution in [1.29, 1.82) is 0 Å². The summed E-state index contributed by atoms with van der Waals surface area (Å²) in [5.41, 5.74) is -0.235. The first kappa shape index (κ1) is 14.7. The minimum Gasteiger partial charge on any atom is -0.323 e. The Bertz CT molecular complexity index is 554. The van der Waals surface area contributed by atoms with Gasteiger partial charge in [-0.05, 0) is 12.8 Å². The van der Waals surface area contributed by atoms with Crippen molar-refractivity contribution in [2.75, 3.05) is 0 Å². The lowest BCUT2D eigenvalue weighted by Gasteiger charge is -2.28. The molecule has 3 amide bonds. The number of nitrogens with one attached hydrogen (secondary N) is 1. The van der Waals surface area contributed by atoms with Gasteiger partial charge in [-0.25, -0.2) is 4.79 Å². The van der Waals surface area contributed by atoms with Gasteiger partial charge in [-0.2, -0.15) is 0 Å². The van der Waals surface area contributed by atoms with Crippen LogP contribution in [-0.2, 0) is 11.3 Å². The molecular formula is C13H17ClN4O2S. The van der Waals surface area contributed by atoms with Crippen LogP contribution in [0.3, 0.4) is 0 Å². The van der Waals surface area contributed by atoms with E-state index in [0.29, 0.717) is 10.0 Å².